The van der Waals surface area contributed by atoms with Crippen molar-refractivity contribution in [3.05, 3.63) is 57.1 Å². The van der Waals surface area contributed by atoms with Gasteiger partial charge >= 0.3 is 6.09 Å². The Morgan fingerprint density at radius 2 is 1.96 bits per heavy atom. The zero-order valence-electron chi connectivity index (χ0n) is 11.5. The average Bonchev–Trinajstić information content (AvgIpc) is 2.46. The normalized spacial score (nSPS) is 10.6. The van der Waals surface area contributed by atoms with Crippen LogP contribution >= 0.6 is 0 Å². The minimum atomic E-state index is -1.36. The van der Waals surface area contributed by atoms with Crippen LogP contribution in [0.25, 0.3) is 22.3 Å². The summed E-state index contributed by atoms with van der Waals surface area (Å²) in [7, 11) is 0. The molecule has 0 saturated carbocycles. The number of aromatic hydroxyl groups is 1. The zero-order valence-corrected chi connectivity index (χ0v) is 11.5. The summed E-state index contributed by atoms with van der Waals surface area (Å²) in [5, 5.41) is 20.7. The molecule has 116 valence electrons. The summed E-state index contributed by atoms with van der Waals surface area (Å²) in [6.45, 7) is 0. The van der Waals surface area contributed by atoms with Gasteiger partial charge in [-0.1, -0.05) is 0 Å². The highest BCUT2D eigenvalue weighted by Crippen LogP contribution is 2.28. The van der Waals surface area contributed by atoms with Crippen molar-refractivity contribution in [2.24, 2.45) is 0 Å². The fourth-order valence-electron chi connectivity index (χ4n) is 2.17. The SMILES string of the molecule is O=C(O)Nc1cc(=O)[nH]cc1-c1cc(=O)c2ccc(O)cc2o1. The predicted molar refractivity (Wildman–Crippen MR) is 81.9 cm³/mol. The van der Waals surface area contributed by atoms with Crippen LogP contribution in [0.15, 0.2) is 50.5 Å². The molecule has 0 bridgehead atoms. The van der Waals surface area contributed by atoms with E-state index in [1.807, 2.05) is 0 Å². The Morgan fingerprint density at radius 3 is 2.70 bits per heavy atom. The Kier molecular flexibility index (Phi) is 3.34. The maximum atomic E-state index is 12.1. The second-order valence-electron chi connectivity index (χ2n) is 4.71. The second-order valence-corrected chi connectivity index (χ2v) is 4.71. The van der Waals surface area contributed by atoms with Crippen LogP contribution in [0.2, 0.25) is 0 Å². The highest BCUT2D eigenvalue weighted by atomic mass is 16.4. The van der Waals surface area contributed by atoms with E-state index in [1.54, 1.807) is 0 Å². The third-order valence-electron chi connectivity index (χ3n) is 3.14. The van der Waals surface area contributed by atoms with Crippen molar-refractivity contribution in [2.45, 2.75) is 0 Å². The van der Waals surface area contributed by atoms with E-state index in [9.17, 15) is 19.5 Å². The smallest absolute Gasteiger partial charge is 0.409 e. The van der Waals surface area contributed by atoms with E-state index in [2.05, 4.69) is 10.3 Å². The van der Waals surface area contributed by atoms with Gasteiger partial charge in [0.2, 0.25) is 5.56 Å². The lowest BCUT2D eigenvalue weighted by Gasteiger charge is -2.08. The van der Waals surface area contributed by atoms with Gasteiger partial charge in [0, 0.05) is 24.4 Å². The molecule has 0 aliphatic heterocycles. The summed E-state index contributed by atoms with van der Waals surface area (Å²) in [5.41, 5.74) is -0.578. The number of nitrogens with one attached hydrogen (secondary N) is 2. The number of amides is 1. The summed E-state index contributed by atoms with van der Waals surface area (Å²) in [6.07, 6.45) is -0.127. The fraction of sp³-hybridized carbons (Fsp3) is 0. The van der Waals surface area contributed by atoms with Crippen molar-refractivity contribution in [1.29, 1.82) is 0 Å². The van der Waals surface area contributed by atoms with Crippen molar-refractivity contribution >= 4 is 22.7 Å². The quantitative estimate of drug-likeness (QED) is 0.571. The van der Waals surface area contributed by atoms with Crippen molar-refractivity contribution in [2.75, 3.05) is 5.32 Å². The van der Waals surface area contributed by atoms with Gasteiger partial charge in [-0.15, -0.1) is 0 Å². The van der Waals surface area contributed by atoms with E-state index in [1.165, 1.54) is 30.5 Å². The van der Waals surface area contributed by atoms with Crippen molar-refractivity contribution in [3.63, 3.8) is 0 Å². The predicted octanol–water partition coefficient (Wildman–Crippen LogP) is 1.94. The zero-order chi connectivity index (χ0) is 16.6. The summed E-state index contributed by atoms with van der Waals surface area (Å²) in [5.74, 6) is -0.0312. The molecule has 0 atom stereocenters. The van der Waals surface area contributed by atoms with Gasteiger partial charge in [-0.05, 0) is 12.1 Å². The Balaban J connectivity index is 2.26. The minimum Gasteiger partial charge on any atom is -0.508 e. The lowest BCUT2D eigenvalue weighted by atomic mass is 10.1. The monoisotopic (exact) mass is 314 g/mol. The maximum absolute atomic E-state index is 12.1. The molecule has 2 heterocycles. The molecule has 0 radical (unpaired) electrons. The molecule has 0 spiro atoms. The molecule has 0 aliphatic rings. The number of aromatic amines is 1. The second kappa shape index (κ2) is 5.34. The first-order valence-electron chi connectivity index (χ1n) is 6.44. The van der Waals surface area contributed by atoms with Crippen molar-refractivity contribution < 1.29 is 19.4 Å². The van der Waals surface area contributed by atoms with E-state index in [4.69, 9.17) is 9.52 Å². The number of aromatic nitrogens is 1. The van der Waals surface area contributed by atoms with E-state index < -0.39 is 11.7 Å². The van der Waals surface area contributed by atoms with Gasteiger partial charge in [-0.25, -0.2) is 4.79 Å². The minimum absolute atomic E-state index is 0.0242. The van der Waals surface area contributed by atoms with Crippen LogP contribution in [-0.4, -0.2) is 21.3 Å². The maximum Gasteiger partial charge on any atom is 0.409 e. The van der Waals surface area contributed by atoms with Crippen LogP contribution in [0.4, 0.5) is 10.5 Å². The molecule has 8 nitrogen and oxygen atoms in total. The molecule has 0 saturated heterocycles. The molecular weight excluding hydrogens is 304 g/mol. The van der Waals surface area contributed by atoms with E-state index in [-0.39, 0.29) is 39.2 Å². The fourth-order valence-corrected chi connectivity index (χ4v) is 2.17. The van der Waals surface area contributed by atoms with Gasteiger partial charge < -0.3 is 19.6 Å². The number of phenols is 1. The number of hydrogen-bond acceptors (Lipinski definition) is 5. The first kappa shape index (κ1) is 14.4. The lowest BCUT2D eigenvalue weighted by molar-refractivity contribution is 0.210. The third kappa shape index (κ3) is 2.77. The standard InChI is InChI=1S/C15H10N2O6/c18-7-1-2-8-11(19)5-13(23-12(8)3-7)9-6-16-14(20)4-10(9)17-15(21)22/h1-6,18H,(H,21,22)(H2,16,17,20). The number of pyridine rings is 1. The van der Waals surface area contributed by atoms with E-state index >= 15 is 0 Å². The van der Waals surface area contributed by atoms with Gasteiger partial charge in [-0.3, -0.25) is 14.9 Å². The molecule has 1 aromatic carbocycles. The van der Waals surface area contributed by atoms with E-state index in [0.717, 1.165) is 6.07 Å². The van der Waals surface area contributed by atoms with Crippen LogP contribution < -0.4 is 16.3 Å². The van der Waals surface area contributed by atoms with Crippen molar-refractivity contribution in [1.82, 2.24) is 4.98 Å². The molecule has 0 aliphatic carbocycles. The first-order valence-corrected chi connectivity index (χ1v) is 6.44. The number of phenolic OH excluding ortho intramolecular Hbond substituents is 1. The Morgan fingerprint density at radius 1 is 1.17 bits per heavy atom. The summed E-state index contributed by atoms with van der Waals surface area (Å²) >= 11 is 0. The highest BCUT2D eigenvalue weighted by Gasteiger charge is 2.13. The molecule has 8 heteroatoms. The number of hydrogen-bond donors (Lipinski definition) is 4. The Bertz CT molecular complexity index is 1030. The molecule has 1 amide bonds. The number of carboxylic acid groups (broad SMARTS) is 1. The molecule has 0 fully saturated rings. The molecular formula is C15H10N2O6. The van der Waals surface area contributed by atoms with Gasteiger partial charge in [0.25, 0.3) is 0 Å². The number of H-pyrrole nitrogens is 1. The third-order valence-corrected chi connectivity index (χ3v) is 3.14. The van der Waals surface area contributed by atoms with Gasteiger partial charge in [0.1, 0.15) is 17.1 Å². The number of anilines is 1. The first-order chi connectivity index (χ1) is 10.9. The topological polar surface area (TPSA) is 133 Å². The van der Waals surface area contributed by atoms with Crippen LogP contribution in [0.1, 0.15) is 0 Å². The van der Waals surface area contributed by atoms with Crippen LogP contribution in [0.3, 0.4) is 0 Å². The Labute approximate surface area is 127 Å². The van der Waals surface area contributed by atoms with Gasteiger partial charge in [0.15, 0.2) is 5.43 Å². The van der Waals surface area contributed by atoms with Crippen LogP contribution in [-0.2, 0) is 0 Å². The Hall–Kier alpha value is -3.55. The summed E-state index contributed by atoms with van der Waals surface area (Å²) in [6, 6.07) is 6.27. The lowest BCUT2D eigenvalue weighted by Crippen LogP contribution is -2.13. The molecule has 0 unspecified atom stereocenters. The molecule has 23 heavy (non-hydrogen) atoms. The van der Waals surface area contributed by atoms with E-state index in [0.29, 0.717) is 0 Å². The van der Waals surface area contributed by atoms with Gasteiger partial charge in [-0.2, -0.15) is 0 Å². The van der Waals surface area contributed by atoms with Crippen LogP contribution in [0.5, 0.6) is 5.75 Å². The number of fused-ring (bicyclic) bond motifs is 1. The number of rotatable bonds is 2. The summed E-state index contributed by atoms with van der Waals surface area (Å²) in [4.78, 5) is 36.7. The molecule has 2 aromatic heterocycles. The van der Waals surface area contributed by atoms with Crippen molar-refractivity contribution in [3.8, 4) is 17.1 Å². The summed E-state index contributed by atoms with van der Waals surface area (Å²) < 4.78 is 5.56. The number of benzene rings is 1. The molecule has 3 aromatic rings. The molecule has 3 rings (SSSR count). The highest BCUT2D eigenvalue weighted by molar-refractivity contribution is 5.90. The number of carbonyl (C=O) groups is 1. The van der Waals surface area contributed by atoms with Crippen LogP contribution in [0, 0.1) is 0 Å². The van der Waals surface area contributed by atoms with Gasteiger partial charge in [0.05, 0.1) is 16.6 Å². The average molecular weight is 314 g/mol. The largest absolute Gasteiger partial charge is 0.508 e. The molecule has 4 N–H and O–H groups in total.